The van der Waals surface area contributed by atoms with Crippen molar-refractivity contribution in [3.05, 3.63) is 33.3 Å². The Morgan fingerprint density at radius 2 is 2.11 bits per heavy atom. The van der Waals surface area contributed by atoms with Gasteiger partial charge in [-0.2, -0.15) is 0 Å². The third-order valence-corrected chi connectivity index (χ3v) is 4.32. The lowest BCUT2D eigenvalue weighted by Gasteiger charge is -2.31. The molecule has 0 saturated carbocycles. The molecule has 18 heavy (non-hydrogen) atoms. The van der Waals surface area contributed by atoms with Crippen LogP contribution in [0.15, 0.2) is 22.7 Å². The molecule has 1 fully saturated rings. The zero-order valence-corrected chi connectivity index (χ0v) is 12.4. The molecule has 5 heteroatoms. The van der Waals surface area contributed by atoms with Crippen LogP contribution in [-0.2, 0) is 0 Å². The van der Waals surface area contributed by atoms with Crippen LogP contribution in [0.2, 0.25) is 5.02 Å². The largest absolute Gasteiger partial charge is 0.339 e. The third kappa shape index (κ3) is 3.05. The number of piperidine rings is 1. The molecule has 0 aliphatic carbocycles. The highest BCUT2D eigenvalue weighted by molar-refractivity contribution is 9.10. The lowest BCUT2D eigenvalue weighted by Crippen LogP contribution is -2.40. The van der Waals surface area contributed by atoms with Gasteiger partial charge in [-0.15, -0.1) is 0 Å². The van der Waals surface area contributed by atoms with E-state index in [0.717, 1.165) is 30.4 Å². The van der Waals surface area contributed by atoms with Crippen molar-refractivity contribution < 1.29 is 4.79 Å². The molecule has 0 aromatic heterocycles. The maximum absolute atomic E-state index is 12.4. The molecule has 1 heterocycles. The van der Waals surface area contributed by atoms with E-state index in [-0.39, 0.29) is 5.91 Å². The maximum Gasteiger partial charge on any atom is 0.255 e. The fourth-order valence-electron chi connectivity index (χ4n) is 2.20. The van der Waals surface area contributed by atoms with E-state index in [1.54, 1.807) is 12.1 Å². The zero-order valence-electron chi connectivity index (χ0n) is 10.0. The van der Waals surface area contributed by atoms with E-state index in [0.29, 0.717) is 23.0 Å². The van der Waals surface area contributed by atoms with Crippen molar-refractivity contribution in [1.29, 1.82) is 0 Å². The quantitative estimate of drug-likeness (QED) is 0.905. The summed E-state index contributed by atoms with van der Waals surface area (Å²) >= 11 is 9.33. The molecule has 0 atom stereocenters. The van der Waals surface area contributed by atoms with Gasteiger partial charge in [-0.1, -0.05) is 11.6 Å². The van der Waals surface area contributed by atoms with Crippen LogP contribution in [0.4, 0.5) is 0 Å². The van der Waals surface area contributed by atoms with Gasteiger partial charge in [0.1, 0.15) is 0 Å². The summed E-state index contributed by atoms with van der Waals surface area (Å²) in [6, 6.07) is 5.29. The number of likely N-dealkylation sites (tertiary alicyclic amines) is 1. The Balaban J connectivity index is 2.10. The van der Waals surface area contributed by atoms with Crippen molar-refractivity contribution in [2.45, 2.75) is 12.8 Å². The highest BCUT2D eigenvalue weighted by atomic mass is 79.9. The van der Waals surface area contributed by atoms with Crippen molar-refractivity contribution in [2.75, 3.05) is 19.6 Å². The number of amides is 1. The molecule has 1 aliphatic rings. The van der Waals surface area contributed by atoms with Crippen LogP contribution < -0.4 is 5.73 Å². The molecular weight excluding hydrogens is 316 g/mol. The Labute approximate surface area is 120 Å². The average molecular weight is 332 g/mol. The highest BCUT2D eigenvalue weighted by Gasteiger charge is 2.24. The maximum atomic E-state index is 12.4. The number of carbonyl (C=O) groups is 1. The van der Waals surface area contributed by atoms with Crippen LogP contribution in [-0.4, -0.2) is 30.4 Å². The Morgan fingerprint density at radius 3 is 2.72 bits per heavy atom. The molecule has 1 aromatic carbocycles. The number of nitrogens with two attached hydrogens (primary N) is 1. The minimum Gasteiger partial charge on any atom is -0.339 e. The van der Waals surface area contributed by atoms with Gasteiger partial charge in [0.2, 0.25) is 0 Å². The van der Waals surface area contributed by atoms with Crippen LogP contribution in [0.3, 0.4) is 0 Å². The molecule has 2 N–H and O–H groups in total. The number of nitrogens with zero attached hydrogens (tertiary/aromatic N) is 1. The normalized spacial score (nSPS) is 16.9. The molecule has 1 amide bonds. The van der Waals surface area contributed by atoms with E-state index < -0.39 is 0 Å². The topological polar surface area (TPSA) is 46.3 Å². The van der Waals surface area contributed by atoms with Gasteiger partial charge in [0.25, 0.3) is 5.91 Å². The van der Waals surface area contributed by atoms with E-state index >= 15 is 0 Å². The summed E-state index contributed by atoms with van der Waals surface area (Å²) in [4.78, 5) is 14.3. The average Bonchev–Trinajstić information content (AvgIpc) is 2.41. The Kier molecular flexibility index (Phi) is 4.65. The minimum atomic E-state index is 0.0415. The van der Waals surface area contributed by atoms with Gasteiger partial charge in [-0.25, -0.2) is 0 Å². The Bertz CT molecular complexity index is 445. The molecule has 98 valence electrons. The SMILES string of the molecule is NCC1CCN(C(=O)c2cc(Cl)ccc2Br)CC1. The molecule has 1 saturated heterocycles. The second kappa shape index (κ2) is 6.04. The van der Waals surface area contributed by atoms with E-state index in [4.69, 9.17) is 17.3 Å². The fraction of sp³-hybridized carbons (Fsp3) is 0.462. The molecule has 1 aliphatic heterocycles. The monoisotopic (exact) mass is 330 g/mol. The second-order valence-electron chi connectivity index (χ2n) is 4.60. The molecule has 3 nitrogen and oxygen atoms in total. The molecular formula is C13H16BrClN2O. The summed E-state index contributed by atoms with van der Waals surface area (Å²) in [6.45, 7) is 2.27. The molecule has 0 radical (unpaired) electrons. The summed E-state index contributed by atoms with van der Waals surface area (Å²) < 4.78 is 0.790. The van der Waals surface area contributed by atoms with Gasteiger partial charge in [-0.3, -0.25) is 4.79 Å². The first-order valence-electron chi connectivity index (χ1n) is 6.06. The van der Waals surface area contributed by atoms with Crippen molar-refractivity contribution in [3.63, 3.8) is 0 Å². The van der Waals surface area contributed by atoms with Gasteiger partial charge < -0.3 is 10.6 Å². The predicted molar refractivity (Wildman–Crippen MR) is 76.8 cm³/mol. The second-order valence-corrected chi connectivity index (χ2v) is 5.89. The number of hydrogen-bond acceptors (Lipinski definition) is 2. The molecule has 1 aromatic rings. The van der Waals surface area contributed by atoms with Gasteiger partial charge in [-0.05, 0) is 59.4 Å². The first kappa shape index (κ1) is 13.8. The van der Waals surface area contributed by atoms with Gasteiger partial charge >= 0.3 is 0 Å². The van der Waals surface area contributed by atoms with E-state index in [9.17, 15) is 4.79 Å². The Morgan fingerprint density at radius 1 is 1.44 bits per heavy atom. The molecule has 2 rings (SSSR count). The molecule has 0 bridgehead atoms. The summed E-state index contributed by atoms with van der Waals surface area (Å²) in [5, 5.41) is 0.582. The van der Waals surface area contributed by atoms with Gasteiger partial charge in [0.15, 0.2) is 0 Å². The number of rotatable bonds is 2. The summed E-state index contributed by atoms with van der Waals surface area (Å²) in [7, 11) is 0. The third-order valence-electron chi connectivity index (χ3n) is 3.39. The first-order valence-corrected chi connectivity index (χ1v) is 7.23. The minimum absolute atomic E-state index is 0.0415. The van der Waals surface area contributed by atoms with E-state index in [1.807, 2.05) is 11.0 Å². The lowest BCUT2D eigenvalue weighted by atomic mass is 9.96. The number of benzene rings is 1. The van der Waals surface area contributed by atoms with Crippen LogP contribution in [0.5, 0.6) is 0 Å². The van der Waals surface area contributed by atoms with Gasteiger partial charge in [0, 0.05) is 22.6 Å². The smallest absolute Gasteiger partial charge is 0.255 e. The molecule has 0 unspecified atom stereocenters. The zero-order chi connectivity index (χ0) is 13.1. The number of halogens is 2. The van der Waals surface area contributed by atoms with Crippen LogP contribution >= 0.6 is 27.5 Å². The van der Waals surface area contributed by atoms with Crippen molar-refractivity contribution >= 4 is 33.4 Å². The van der Waals surface area contributed by atoms with Crippen LogP contribution in [0.1, 0.15) is 23.2 Å². The van der Waals surface area contributed by atoms with Crippen molar-refractivity contribution in [3.8, 4) is 0 Å². The predicted octanol–water partition coefficient (Wildman–Crippen LogP) is 2.91. The number of carbonyl (C=O) groups excluding carboxylic acids is 1. The first-order chi connectivity index (χ1) is 8.61. The van der Waals surface area contributed by atoms with Crippen molar-refractivity contribution in [1.82, 2.24) is 4.90 Å². The fourth-order valence-corrected chi connectivity index (χ4v) is 2.79. The lowest BCUT2D eigenvalue weighted by molar-refractivity contribution is 0.0692. The van der Waals surface area contributed by atoms with Crippen LogP contribution in [0.25, 0.3) is 0 Å². The summed E-state index contributed by atoms with van der Waals surface area (Å²) in [5.41, 5.74) is 6.28. The summed E-state index contributed by atoms with van der Waals surface area (Å²) in [6.07, 6.45) is 1.97. The van der Waals surface area contributed by atoms with E-state index in [2.05, 4.69) is 15.9 Å². The van der Waals surface area contributed by atoms with Crippen molar-refractivity contribution in [2.24, 2.45) is 11.7 Å². The van der Waals surface area contributed by atoms with Crippen LogP contribution in [0, 0.1) is 5.92 Å². The summed E-state index contributed by atoms with van der Waals surface area (Å²) in [5.74, 6) is 0.594. The van der Waals surface area contributed by atoms with Gasteiger partial charge in [0.05, 0.1) is 5.56 Å². The Hall–Kier alpha value is -0.580. The number of hydrogen-bond donors (Lipinski definition) is 1. The standard InChI is InChI=1S/C13H16BrClN2O/c14-12-2-1-10(15)7-11(12)13(18)17-5-3-9(8-16)4-6-17/h1-2,7,9H,3-6,8,16H2. The molecule has 0 spiro atoms. The van der Waals surface area contributed by atoms with E-state index in [1.165, 1.54) is 0 Å². The highest BCUT2D eigenvalue weighted by Crippen LogP contribution is 2.24.